The van der Waals surface area contributed by atoms with Crippen molar-refractivity contribution in [3.05, 3.63) is 89.0 Å². The van der Waals surface area contributed by atoms with Gasteiger partial charge in [0, 0.05) is 31.8 Å². The lowest BCUT2D eigenvalue weighted by Crippen LogP contribution is -2.53. The number of aromatic nitrogens is 4. The number of fused-ring (bicyclic) bond motifs is 2. The normalized spacial score (nSPS) is 20.9. The van der Waals surface area contributed by atoms with Crippen molar-refractivity contribution in [1.29, 1.82) is 0 Å². The highest BCUT2D eigenvalue weighted by molar-refractivity contribution is 7.89. The van der Waals surface area contributed by atoms with Crippen LogP contribution in [0.15, 0.2) is 69.8 Å². The van der Waals surface area contributed by atoms with E-state index in [-0.39, 0.29) is 19.0 Å². The number of benzene rings is 1. The highest BCUT2D eigenvalue weighted by Gasteiger charge is 2.52. The van der Waals surface area contributed by atoms with Crippen LogP contribution in [0.4, 0.5) is 10.2 Å². The highest BCUT2D eigenvalue weighted by Crippen LogP contribution is 2.46. The summed E-state index contributed by atoms with van der Waals surface area (Å²) in [5, 5.41) is 8.53. The minimum absolute atomic E-state index is 0.0388. The largest absolute Gasteiger partial charge is 0.593 e. The minimum Gasteiger partial charge on any atom is -0.593 e. The summed E-state index contributed by atoms with van der Waals surface area (Å²) >= 11 is -1.55. The molecule has 11 nitrogen and oxygen atoms in total. The molecule has 2 aliphatic heterocycles. The lowest BCUT2D eigenvalue weighted by atomic mass is 9.69. The monoisotopic (exact) mass is 618 g/mol. The lowest BCUT2D eigenvalue weighted by Gasteiger charge is -2.43. The Kier molecular flexibility index (Phi) is 7.70. The number of nitrogens with zero attached hydrogens (tertiary/aromatic N) is 6. The summed E-state index contributed by atoms with van der Waals surface area (Å²) in [7, 11) is 0. The van der Waals surface area contributed by atoms with Gasteiger partial charge in [-0.3, -0.25) is 4.79 Å². The molecule has 228 valence electrons. The van der Waals surface area contributed by atoms with E-state index in [0.717, 1.165) is 35.7 Å². The van der Waals surface area contributed by atoms with E-state index in [1.165, 1.54) is 12.1 Å². The van der Waals surface area contributed by atoms with E-state index < -0.39 is 22.7 Å². The van der Waals surface area contributed by atoms with Gasteiger partial charge in [0.2, 0.25) is 0 Å². The molecule has 4 aromatic rings. The van der Waals surface area contributed by atoms with Gasteiger partial charge < -0.3 is 23.4 Å². The van der Waals surface area contributed by atoms with Gasteiger partial charge in [0.25, 0.3) is 0 Å². The molecule has 0 saturated carbocycles. The summed E-state index contributed by atoms with van der Waals surface area (Å²) in [6, 6.07) is 11.6. The fraction of sp³-hybridized carbons (Fsp3) is 0.355. The number of carbonyl (C=O) groups excluding carboxylic acids is 1. The molecule has 0 spiro atoms. The van der Waals surface area contributed by atoms with Gasteiger partial charge in [0.05, 0.1) is 54.9 Å². The lowest BCUT2D eigenvalue weighted by molar-refractivity contribution is -0.156. The molecule has 0 radical (unpaired) electrons. The van der Waals surface area contributed by atoms with Crippen LogP contribution in [0.1, 0.15) is 29.1 Å². The van der Waals surface area contributed by atoms with E-state index in [2.05, 4.69) is 20.1 Å². The van der Waals surface area contributed by atoms with E-state index in [4.69, 9.17) is 14.0 Å². The summed E-state index contributed by atoms with van der Waals surface area (Å²) in [5.41, 5.74) is 2.70. The van der Waals surface area contributed by atoms with Crippen molar-refractivity contribution in [1.82, 2.24) is 24.2 Å². The SMILES string of the molecule is Cc1cc(COC(=O)[C@]23Cc4cnn(-c5ccc(F)cc5)c4C=C2CCN([S+]([O-])c2ccc(N4CCOCC4)nc2)C3)no1. The Morgan fingerprint density at radius 3 is 2.68 bits per heavy atom. The highest BCUT2D eigenvalue weighted by atomic mass is 32.2. The first-order valence-electron chi connectivity index (χ1n) is 14.5. The number of carbonyl (C=O) groups is 1. The number of aryl methyl sites for hydroxylation is 1. The van der Waals surface area contributed by atoms with Crippen LogP contribution in [-0.4, -0.2) is 74.1 Å². The van der Waals surface area contributed by atoms with E-state index in [0.29, 0.717) is 54.6 Å². The van der Waals surface area contributed by atoms with Crippen molar-refractivity contribution in [3.8, 4) is 5.69 Å². The Morgan fingerprint density at radius 2 is 1.95 bits per heavy atom. The topological polar surface area (TPSA) is 122 Å². The smallest absolute Gasteiger partial charge is 0.318 e. The Bertz CT molecular complexity index is 1680. The van der Waals surface area contributed by atoms with Crippen LogP contribution in [0.3, 0.4) is 0 Å². The number of anilines is 1. The zero-order chi connectivity index (χ0) is 30.3. The van der Waals surface area contributed by atoms with Crippen molar-refractivity contribution in [2.24, 2.45) is 5.41 Å². The zero-order valence-corrected chi connectivity index (χ0v) is 25.0. The van der Waals surface area contributed by atoms with Crippen LogP contribution in [0, 0.1) is 18.2 Å². The van der Waals surface area contributed by atoms with E-state index in [9.17, 15) is 13.7 Å². The molecule has 44 heavy (non-hydrogen) atoms. The van der Waals surface area contributed by atoms with Crippen LogP contribution in [-0.2, 0) is 38.7 Å². The number of hydrogen-bond acceptors (Lipinski definition) is 10. The van der Waals surface area contributed by atoms with Gasteiger partial charge in [-0.2, -0.15) is 5.10 Å². The Morgan fingerprint density at radius 1 is 1.14 bits per heavy atom. The summed E-state index contributed by atoms with van der Waals surface area (Å²) in [5.74, 6) is 0.687. The van der Waals surface area contributed by atoms with E-state index >= 15 is 0 Å². The molecular formula is C31H31FN6O5S. The maximum Gasteiger partial charge on any atom is 0.318 e. The van der Waals surface area contributed by atoms with Crippen LogP contribution in [0.25, 0.3) is 11.8 Å². The molecule has 1 aliphatic carbocycles. The second kappa shape index (κ2) is 11.8. The number of morpholine rings is 1. The predicted octanol–water partition coefficient (Wildman–Crippen LogP) is 3.64. The van der Waals surface area contributed by atoms with Crippen LogP contribution >= 0.6 is 0 Å². The van der Waals surface area contributed by atoms with E-state index in [1.54, 1.807) is 42.2 Å². The second-order valence-corrected chi connectivity index (χ2v) is 12.7. The molecule has 2 atom stereocenters. The van der Waals surface area contributed by atoms with Gasteiger partial charge in [-0.1, -0.05) is 5.16 Å². The first-order chi connectivity index (χ1) is 21.4. The fourth-order valence-corrected chi connectivity index (χ4v) is 7.30. The van der Waals surface area contributed by atoms with Gasteiger partial charge in [-0.25, -0.2) is 14.1 Å². The summed E-state index contributed by atoms with van der Waals surface area (Å²) < 4.78 is 47.5. The number of rotatable bonds is 7. The molecule has 0 amide bonds. The molecule has 0 N–H and O–H groups in total. The summed E-state index contributed by atoms with van der Waals surface area (Å²) in [6.45, 7) is 5.22. The molecule has 5 heterocycles. The Hall–Kier alpha value is -4.04. The Labute approximate surface area is 256 Å². The average molecular weight is 619 g/mol. The van der Waals surface area contributed by atoms with Crippen molar-refractivity contribution in [2.45, 2.75) is 31.3 Å². The third-order valence-corrected chi connectivity index (χ3v) is 9.79. The molecule has 1 unspecified atom stereocenters. The second-order valence-electron chi connectivity index (χ2n) is 11.2. The molecule has 2 saturated heterocycles. The third kappa shape index (κ3) is 5.40. The van der Waals surface area contributed by atoms with Crippen molar-refractivity contribution >= 4 is 29.2 Å². The van der Waals surface area contributed by atoms with Gasteiger partial charge in [-0.15, -0.1) is 4.31 Å². The maximum atomic E-state index is 14.0. The number of hydrogen-bond donors (Lipinski definition) is 0. The number of ether oxygens (including phenoxy) is 2. The molecule has 7 rings (SSSR count). The van der Waals surface area contributed by atoms with Crippen LogP contribution in [0.5, 0.6) is 0 Å². The van der Waals surface area contributed by atoms with Crippen LogP contribution in [0.2, 0.25) is 0 Å². The van der Waals surface area contributed by atoms with Gasteiger partial charge >= 0.3 is 5.97 Å². The molecular weight excluding hydrogens is 587 g/mol. The fourth-order valence-electron chi connectivity index (χ4n) is 6.08. The number of pyridine rings is 1. The third-order valence-electron chi connectivity index (χ3n) is 8.36. The number of piperidine rings is 1. The standard InChI is InChI=1S/C31H31FN6O5S/c1-21-14-25(35-43-21)19-42-30(39)31-16-22-17-34-38(26-4-2-24(32)3-5-26)28(22)15-23(31)8-9-37(20-31)44(40)27-6-7-29(33-18-27)36-10-12-41-13-11-36/h2-7,14-15,17-18H,8-13,16,19-20H2,1H3/t31-,44?/m0/s1. The molecule has 3 aliphatic rings. The average Bonchev–Trinajstić information content (AvgIpc) is 3.67. The number of halogens is 1. The minimum atomic E-state index is -1.55. The molecule has 1 aromatic carbocycles. The molecule has 2 fully saturated rings. The molecule has 0 bridgehead atoms. The Balaban J connectivity index is 1.17. The van der Waals surface area contributed by atoms with Crippen molar-refractivity contribution < 1.29 is 27.7 Å². The van der Waals surface area contributed by atoms with Gasteiger partial charge in [0.15, 0.2) is 4.90 Å². The summed E-state index contributed by atoms with van der Waals surface area (Å²) in [6.07, 6.45) is 6.17. The van der Waals surface area contributed by atoms with Crippen molar-refractivity contribution in [3.63, 3.8) is 0 Å². The maximum absolute atomic E-state index is 14.0. The number of esters is 1. The van der Waals surface area contributed by atoms with Gasteiger partial charge in [-0.05, 0) is 67.3 Å². The van der Waals surface area contributed by atoms with Gasteiger partial charge in [0.1, 0.15) is 35.1 Å². The van der Waals surface area contributed by atoms with Crippen LogP contribution < -0.4 is 4.90 Å². The zero-order valence-electron chi connectivity index (χ0n) is 24.1. The van der Waals surface area contributed by atoms with Crippen molar-refractivity contribution in [2.75, 3.05) is 44.3 Å². The first-order valence-corrected chi connectivity index (χ1v) is 15.6. The first kappa shape index (κ1) is 28.7. The van der Waals surface area contributed by atoms with E-state index in [1.807, 2.05) is 22.5 Å². The summed E-state index contributed by atoms with van der Waals surface area (Å²) in [4.78, 5) is 21.3. The molecule has 3 aromatic heterocycles. The molecule has 13 heteroatoms. The predicted molar refractivity (Wildman–Crippen MR) is 159 cm³/mol. The quantitative estimate of drug-likeness (QED) is 0.224.